The molecule has 1 atom stereocenters. The number of halogens is 1. The minimum Gasteiger partial charge on any atom is -0.486 e. The van der Waals surface area contributed by atoms with Crippen molar-refractivity contribution in [3.05, 3.63) is 28.2 Å². The zero-order valence-corrected chi connectivity index (χ0v) is 12.7. The molecule has 0 bridgehead atoms. The van der Waals surface area contributed by atoms with Crippen molar-refractivity contribution in [2.75, 3.05) is 6.61 Å². The fraction of sp³-hybridized carbons (Fsp3) is 0.533. The monoisotopic (exact) mass is 324 g/mol. The lowest BCUT2D eigenvalue weighted by atomic mass is 9.78. The van der Waals surface area contributed by atoms with E-state index in [1.54, 1.807) is 0 Å². The molecule has 3 rings (SSSR count). The molecule has 1 aromatic carbocycles. The lowest BCUT2D eigenvalue weighted by molar-refractivity contribution is -0.134. The van der Waals surface area contributed by atoms with E-state index >= 15 is 0 Å². The molecule has 3 nitrogen and oxygen atoms in total. The Labute approximate surface area is 121 Å². The average molecular weight is 325 g/mol. The molecule has 0 amide bonds. The second-order valence-electron chi connectivity index (χ2n) is 6.06. The first-order valence-corrected chi connectivity index (χ1v) is 7.34. The summed E-state index contributed by atoms with van der Waals surface area (Å²) in [5.41, 5.74) is 0.0646. The van der Waals surface area contributed by atoms with Crippen LogP contribution in [-0.4, -0.2) is 23.6 Å². The number of hydrogen-bond acceptors (Lipinski definition) is 3. The third-order valence-corrected chi connectivity index (χ3v) is 4.34. The van der Waals surface area contributed by atoms with Crippen LogP contribution in [0, 0.1) is 0 Å². The van der Waals surface area contributed by atoms with Crippen molar-refractivity contribution in [2.45, 2.75) is 44.3 Å². The number of ether oxygens (including phenoxy) is 2. The van der Waals surface area contributed by atoms with Gasteiger partial charge in [0.15, 0.2) is 5.78 Å². The standard InChI is InChI=1S/C15H17BrO3/c1-14(2)9-15(5-6-18-14)8-12(17)11-7-10(16)3-4-13(11)19-15/h3-4,7H,5-6,8-9H2,1-2H3. The van der Waals surface area contributed by atoms with Gasteiger partial charge in [0.05, 0.1) is 24.2 Å². The van der Waals surface area contributed by atoms with Gasteiger partial charge < -0.3 is 9.47 Å². The van der Waals surface area contributed by atoms with Gasteiger partial charge in [0.25, 0.3) is 0 Å². The zero-order valence-electron chi connectivity index (χ0n) is 11.2. The van der Waals surface area contributed by atoms with Gasteiger partial charge in [-0.1, -0.05) is 15.9 Å². The van der Waals surface area contributed by atoms with Crippen molar-refractivity contribution >= 4 is 21.7 Å². The van der Waals surface area contributed by atoms with E-state index in [-0.39, 0.29) is 17.0 Å². The minimum atomic E-state index is -0.389. The lowest BCUT2D eigenvalue weighted by Gasteiger charge is -2.46. The summed E-state index contributed by atoms with van der Waals surface area (Å²) in [7, 11) is 0. The molecule has 19 heavy (non-hydrogen) atoms. The molecule has 102 valence electrons. The molecular weight excluding hydrogens is 308 g/mol. The predicted octanol–water partition coefficient (Wildman–Crippen LogP) is 3.74. The van der Waals surface area contributed by atoms with E-state index < -0.39 is 0 Å². The van der Waals surface area contributed by atoms with Gasteiger partial charge in [-0.2, -0.15) is 0 Å². The van der Waals surface area contributed by atoms with Crippen molar-refractivity contribution in [3.63, 3.8) is 0 Å². The van der Waals surface area contributed by atoms with Gasteiger partial charge in [-0.15, -0.1) is 0 Å². The minimum absolute atomic E-state index is 0.167. The average Bonchev–Trinajstić information content (AvgIpc) is 2.29. The Balaban J connectivity index is 1.96. The summed E-state index contributed by atoms with van der Waals surface area (Å²) >= 11 is 3.40. The van der Waals surface area contributed by atoms with Crippen molar-refractivity contribution in [1.82, 2.24) is 0 Å². The van der Waals surface area contributed by atoms with Crippen LogP contribution in [0.15, 0.2) is 22.7 Å². The molecule has 0 N–H and O–H groups in total. The van der Waals surface area contributed by atoms with Crippen LogP contribution >= 0.6 is 15.9 Å². The van der Waals surface area contributed by atoms with E-state index in [1.165, 1.54) is 0 Å². The van der Waals surface area contributed by atoms with Gasteiger partial charge >= 0.3 is 0 Å². The highest BCUT2D eigenvalue weighted by Gasteiger charge is 2.47. The number of Topliss-reactive ketones (excluding diaryl/α,β-unsaturated/α-hetero) is 1. The summed E-state index contributed by atoms with van der Waals surface area (Å²) in [6, 6.07) is 5.63. The zero-order chi connectivity index (χ0) is 13.7. The first-order valence-electron chi connectivity index (χ1n) is 6.55. The molecular formula is C15H17BrO3. The first-order chi connectivity index (χ1) is 8.89. The van der Waals surface area contributed by atoms with Gasteiger partial charge in [-0.05, 0) is 32.0 Å². The van der Waals surface area contributed by atoms with Crippen LogP contribution in [0.1, 0.15) is 43.5 Å². The van der Waals surface area contributed by atoms with Gasteiger partial charge in [0.2, 0.25) is 0 Å². The van der Waals surface area contributed by atoms with E-state index in [9.17, 15) is 4.79 Å². The molecule has 2 aliphatic heterocycles. The molecule has 1 aromatic rings. The third-order valence-electron chi connectivity index (χ3n) is 3.85. The highest BCUT2D eigenvalue weighted by atomic mass is 79.9. The predicted molar refractivity (Wildman–Crippen MR) is 75.7 cm³/mol. The van der Waals surface area contributed by atoms with E-state index in [4.69, 9.17) is 9.47 Å². The number of hydrogen-bond donors (Lipinski definition) is 0. The summed E-state index contributed by atoms with van der Waals surface area (Å²) in [5.74, 6) is 0.873. The van der Waals surface area contributed by atoms with Crippen molar-refractivity contribution in [2.24, 2.45) is 0 Å². The summed E-state index contributed by atoms with van der Waals surface area (Å²) in [6.07, 6.45) is 1.97. The van der Waals surface area contributed by atoms with Gasteiger partial charge in [-0.25, -0.2) is 0 Å². The summed E-state index contributed by atoms with van der Waals surface area (Å²) in [5, 5.41) is 0. The van der Waals surface area contributed by atoms with Gasteiger partial charge in [-0.3, -0.25) is 4.79 Å². The summed E-state index contributed by atoms with van der Waals surface area (Å²) in [4.78, 5) is 12.4. The highest BCUT2D eigenvalue weighted by molar-refractivity contribution is 9.10. The van der Waals surface area contributed by atoms with Crippen LogP contribution in [-0.2, 0) is 4.74 Å². The third kappa shape index (κ3) is 2.43. The molecule has 1 unspecified atom stereocenters. The molecule has 1 saturated heterocycles. The molecule has 4 heteroatoms. The van der Waals surface area contributed by atoms with Crippen molar-refractivity contribution in [1.29, 1.82) is 0 Å². The number of rotatable bonds is 0. The van der Waals surface area contributed by atoms with Crippen LogP contribution in [0.4, 0.5) is 0 Å². The van der Waals surface area contributed by atoms with E-state index in [0.29, 0.717) is 24.3 Å². The van der Waals surface area contributed by atoms with E-state index in [1.807, 2.05) is 18.2 Å². The van der Waals surface area contributed by atoms with Crippen LogP contribution in [0.5, 0.6) is 5.75 Å². The normalized spacial score (nSPS) is 28.9. The van der Waals surface area contributed by atoms with Crippen LogP contribution in [0.25, 0.3) is 0 Å². The Hall–Kier alpha value is -0.870. The Morgan fingerprint density at radius 3 is 2.84 bits per heavy atom. The molecule has 2 aliphatic rings. The van der Waals surface area contributed by atoms with Crippen molar-refractivity contribution < 1.29 is 14.3 Å². The van der Waals surface area contributed by atoms with Crippen LogP contribution < -0.4 is 4.74 Å². The van der Waals surface area contributed by atoms with Crippen LogP contribution in [0.3, 0.4) is 0 Å². The molecule has 1 fully saturated rings. The summed E-state index contributed by atoms with van der Waals surface area (Å²) < 4.78 is 12.8. The second-order valence-corrected chi connectivity index (χ2v) is 6.98. The molecule has 1 spiro atoms. The van der Waals surface area contributed by atoms with E-state index in [2.05, 4.69) is 29.8 Å². The molecule has 2 heterocycles. The maximum Gasteiger partial charge on any atom is 0.170 e. The number of carbonyl (C=O) groups excluding carboxylic acids is 1. The molecule has 0 aromatic heterocycles. The number of carbonyl (C=O) groups is 1. The smallest absolute Gasteiger partial charge is 0.170 e. The maximum atomic E-state index is 12.4. The lowest BCUT2D eigenvalue weighted by Crippen LogP contribution is -2.52. The Morgan fingerprint density at radius 1 is 1.32 bits per heavy atom. The highest BCUT2D eigenvalue weighted by Crippen LogP contribution is 2.43. The fourth-order valence-corrected chi connectivity index (χ4v) is 3.49. The summed E-state index contributed by atoms with van der Waals surface area (Å²) in [6.45, 7) is 4.75. The van der Waals surface area contributed by atoms with Crippen molar-refractivity contribution in [3.8, 4) is 5.75 Å². The number of fused-ring (bicyclic) bond motifs is 1. The number of ketones is 1. The molecule has 0 aliphatic carbocycles. The Kier molecular flexibility index (Phi) is 2.98. The second kappa shape index (κ2) is 4.32. The fourth-order valence-electron chi connectivity index (χ4n) is 3.13. The topological polar surface area (TPSA) is 35.5 Å². The SMILES string of the molecule is CC1(C)CC2(CCO1)CC(=O)c1cc(Br)ccc1O2. The Morgan fingerprint density at radius 2 is 2.11 bits per heavy atom. The first kappa shape index (κ1) is 13.1. The number of benzene rings is 1. The van der Waals surface area contributed by atoms with Gasteiger partial charge in [0.1, 0.15) is 11.4 Å². The molecule has 0 radical (unpaired) electrons. The van der Waals surface area contributed by atoms with Gasteiger partial charge in [0, 0.05) is 17.3 Å². The quantitative estimate of drug-likeness (QED) is 0.729. The maximum absolute atomic E-state index is 12.4. The van der Waals surface area contributed by atoms with E-state index in [0.717, 1.165) is 17.3 Å². The molecule has 0 saturated carbocycles. The largest absolute Gasteiger partial charge is 0.486 e. The van der Waals surface area contributed by atoms with Crippen LogP contribution in [0.2, 0.25) is 0 Å². The Bertz CT molecular complexity index is 538.